The maximum absolute atomic E-state index is 11.7. The molecule has 24 heavy (non-hydrogen) atoms. The zero-order valence-corrected chi connectivity index (χ0v) is 15.1. The summed E-state index contributed by atoms with van der Waals surface area (Å²) >= 11 is 3.32. The fourth-order valence-electron chi connectivity index (χ4n) is 2.04. The van der Waals surface area contributed by atoms with E-state index in [1.807, 2.05) is 12.1 Å². The Kier molecular flexibility index (Phi) is 5.79. The number of nitro benzene ring substituents is 1. The minimum absolute atomic E-state index is 0.141. The van der Waals surface area contributed by atoms with E-state index in [0.717, 1.165) is 10.7 Å². The quantitative estimate of drug-likeness (QED) is 0.424. The summed E-state index contributed by atoms with van der Waals surface area (Å²) in [5.41, 5.74) is -0.314. The molecule has 0 aliphatic heterocycles. The van der Waals surface area contributed by atoms with Crippen molar-refractivity contribution in [2.45, 2.75) is 4.90 Å². The van der Waals surface area contributed by atoms with Crippen LogP contribution in [0.25, 0.3) is 0 Å². The molecule has 0 aliphatic carbocycles. The number of nitrogens with one attached hydrogen (secondary N) is 1. The van der Waals surface area contributed by atoms with E-state index in [1.54, 1.807) is 12.1 Å². The number of benzene rings is 2. The van der Waals surface area contributed by atoms with Gasteiger partial charge in [0.05, 0.1) is 4.92 Å². The van der Waals surface area contributed by atoms with Crippen LogP contribution in [0.4, 0.5) is 11.4 Å². The average Bonchev–Trinajstić information content (AvgIpc) is 2.52. The normalized spacial score (nSPS) is 11.1. The number of rotatable bonds is 7. The van der Waals surface area contributed by atoms with Crippen LogP contribution in [-0.2, 0) is 9.84 Å². The van der Waals surface area contributed by atoms with Crippen molar-refractivity contribution in [1.29, 1.82) is 0 Å². The molecule has 128 valence electrons. The molecule has 0 heterocycles. The largest absolute Gasteiger partial charge is 0.492 e. The lowest BCUT2D eigenvalue weighted by Gasteiger charge is -2.10. The molecule has 0 fully saturated rings. The Morgan fingerprint density at radius 2 is 1.88 bits per heavy atom. The van der Waals surface area contributed by atoms with Gasteiger partial charge in [0.2, 0.25) is 0 Å². The first-order valence-corrected chi connectivity index (χ1v) is 9.57. The van der Waals surface area contributed by atoms with Crippen LogP contribution in [0.3, 0.4) is 0 Å². The van der Waals surface area contributed by atoms with Crippen LogP contribution in [0.15, 0.2) is 51.8 Å². The molecule has 0 amide bonds. The molecule has 0 saturated heterocycles. The third-order valence-corrected chi connectivity index (χ3v) is 4.74. The van der Waals surface area contributed by atoms with Gasteiger partial charge in [0, 0.05) is 17.3 Å². The van der Waals surface area contributed by atoms with Gasteiger partial charge in [0.1, 0.15) is 22.9 Å². The highest BCUT2D eigenvalue weighted by Crippen LogP contribution is 2.31. The third-order valence-electron chi connectivity index (χ3n) is 3.08. The topological polar surface area (TPSA) is 98.5 Å². The number of nitro groups is 1. The van der Waals surface area contributed by atoms with E-state index in [1.165, 1.54) is 18.2 Å². The number of anilines is 1. The number of sulfone groups is 1. The number of nitrogens with zero attached hydrogens (tertiary/aromatic N) is 1. The van der Waals surface area contributed by atoms with Gasteiger partial charge in [-0.05, 0) is 36.4 Å². The van der Waals surface area contributed by atoms with Gasteiger partial charge < -0.3 is 10.1 Å². The van der Waals surface area contributed by atoms with E-state index in [2.05, 4.69) is 21.2 Å². The lowest BCUT2D eigenvalue weighted by atomic mass is 10.2. The third kappa shape index (κ3) is 4.68. The van der Waals surface area contributed by atoms with Crippen LogP contribution >= 0.6 is 15.9 Å². The molecule has 2 rings (SSSR count). The fourth-order valence-corrected chi connectivity index (χ4v) is 3.16. The molecule has 7 nitrogen and oxygen atoms in total. The molecule has 0 atom stereocenters. The van der Waals surface area contributed by atoms with Crippen LogP contribution in [0, 0.1) is 10.1 Å². The van der Waals surface area contributed by atoms with E-state index >= 15 is 0 Å². The predicted octanol–water partition coefficient (Wildman–Crippen LogP) is 3.25. The Morgan fingerprint density at radius 3 is 2.46 bits per heavy atom. The van der Waals surface area contributed by atoms with Crippen LogP contribution in [0.5, 0.6) is 5.75 Å². The molecule has 0 unspecified atom stereocenters. The Balaban J connectivity index is 2.07. The molecule has 0 aromatic heterocycles. The minimum Gasteiger partial charge on any atom is -0.492 e. The molecule has 0 radical (unpaired) electrons. The SMILES string of the molecule is CS(=O)(=O)c1cccc(NCCOc2ccc(Br)cc2)c1[N+](=O)[O-]. The maximum atomic E-state index is 11.7. The van der Waals surface area contributed by atoms with E-state index < -0.39 is 20.4 Å². The number of hydrogen-bond donors (Lipinski definition) is 1. The van der Waals surface area contributed by atoms with Crippen molar-refractivity contribution >= 4 is 37.1 Å². The molecule has 1 N–H and O–H groups in total. The number of para-hydroxylation sites is 1. The lowest BCUT2D eigenvalue weighted by molar-refractivity contribution is -0.386. The molecule has 2 aromatic carbocycles. The summed E-state index contributed by atoms with van der Waals surface area (Å²) < 4.78 is 29.8. The Labute approximate surface area is 147 Å². The van der Waals surface area contributed by atoms with Crippen molar-refractivity contribution in [3.05, 3.63) is 57.1 Å². The second-order valence-corrected chi connectivity index (χ2v) is 7.81. The standard InChI is InChI=1S/C15H15BrN2O5S/c1-24(21,22)14-4-2-3-13(15(14)18(19)20)17-9-10-23-12-7-5-11(16)6-8-12/h2-8,17H,9-10H2,1H3. The van der Waals surface area contributed by atoms with Gasteiger partial charge in [-0.3, -0.25) is 10.1 Å². The smallest absolute Gasteiger partial charge is 0.310 e. The average molecular weight is 415 g/mol. The van der Waals surface area contributed by atoms with Gasteiger partial charge in [0.25, 0.3) is 0 Å². The Hall–Kier alpha value is -2.13. The molecular weight excluding hydrogens is 400 g/mol. The summed E-state index contributed by atoms with van der Waals surface area (Å²) in [4.78, 5) is 10.2. The van der Waals surface area contributed by atoms with Crippen molar-refractivity contribution in [2.75, 3.05) is 24.7 Å². The van der Waals surface area contributed by atoms with E-state index in [9.17, 15) is 18.5 Å². The summed E-state index contributed by atoms with van der Waals surface area (Å²) in [5, 5.41) is 14.1. The first-order valence-electron chi connectivity index (χ1n) is 6.89. The Morgan fingerprint density at radius 1 is 1.21 bits per heavy atom. The summed E-state index contributed by atoms with van der Waals surface area (Å²) in [7, 11) is -3.70. The number of hydrogen-bond acceptors (Lipinski definition) is 6. The van der Waals surface area contributed by atoms with Gasteiger partial charge >= 0.3 is 5.69 Å². The van der Waals surface area contributed by atoms with E-state index in [4.69, 9.17) is 4.74 Å². The molecule has 0 aliphatic rings. The van der Waals surface area contributed by atoms with Crippen molar-refractivity contribution in [1.82, 2.24) is 0 Å². The van der Waals surface area contributed by atoms with Gasteiger partial charge in [-0.15, -0.1) is 0 Å². The van der Waals surface area contributed by atoms with Crippen molar-refractivity contribution in [3.63, 3.8) is 0 Å². The number of ether oxygens (including phenoxy) is 1. The van der Waals surface area contributed by atoms with E-state index in [0.29, 0.717) is 5.75 Å². The monoisotopic (exact) mass is 414 g/mol. The molecule has 0 bridgehead atoms. The van der Waals surface area contributed by atoms with Gasteiger partial charge in [-0.1, -0.05) is 22.0 Å². The molecule has 2 aromatic rings. The molecule has 9 heteroatoms. The summed E-state index contributed by atoms with van der Waals surface area (Å²) in [6.45, 7) is 0.548. The predicted molar refractivity (Wildman–Crippen MR) is 94.3 cm³/mol. The molecule has 0 saturated carbocycles. The lowest BCUT2D eigenvalue weighted by Crippen LogP contribution is -2.13. The van der Waals surface area contributed by atoms with E-state index in [-0.39, 0.29) is 23.7 Å². The second kappa shape index (κ2) is 7.63. The zero-order valence-electron chi connectivity index (χ0n) is 12.7. The summed E-state index contributed by atoms with van der Waals surface area (Å²) in [5.74, 6) is 0.666. The summed E-state index contributed by atoms with van der Waals surface area (Å²) in [6.07, 6.45) is 0.940. The maximum Gasteiger partial charge on any atom is 0.310 e. The molecular formula is C15H15BrN2O5S. The van der Waals surface area contributed by atoms with Crippen LogP contribution in [0.1, 0.15) is 0 Å². The summed E-state index contributed by atoms with van der Waals surface area (Å²) in [6, 6.07) is 11.4. The van der Waals surface area contributed by atoms with Gasteiger partial charge in [-0.25, -0.2) is 8.42 Å². The van der Waals surface area contributed by atoms with Gasteiger partial charge in [-0.2, -0.15) is 0 Å². The fraction of sp³-hybridized carbons (Fsp3) is 0.200. The highest BCUT2D eigenvalue weighted by atomic mass is 79.9. The van der Waals surface area contributed by atoms with Crippen LogP contribution in [-0.4, -0.2) is 32.7 Å². The van der Waals surface area contributed by atoms with Crippen molar-refractivity contribution in [3.8, 4) is 5.75 Å². The highest BCUT2D eigenvalue weighted by Gasteiger charge is 2.25. The first-order chi connectivity index (χ1) is 11.3. The second-order valence-electron chi connectivity index (χ2n) is 4.91. The first kappa shape index (κ1) is 18.2. The Bertz CT molecular complexity index is 837. The number of halogens is 1. The van der Waals surface area contributed by atoms with Crippen LogP contribution < -0.4 is 10.1 Å². The van der Waals surface area contributed by atoms with Crippen molar-refractivity contribution in [2.24, 2.45) is 0 Å². The van der Waals surface area contributed by atoms with Crippen molar-refractivity contribution < 1.29 is 18.1 Å². The van der Waals surface area contributed by atoms with Crippen LogP contribution in [0.2, 0.25) is 0 Å². The molecule has 0 spiro atoms. The minimum atomic E-state index is -3.70. The van der Waals surface area contributed by atoms with Gasteiger partial charge in [0.15, 0.2) is 9.84 Å². The highest BCUT2D eigenvalue weighted by molar-refractivity contribution is 9.10. The zero-order chi connectivity index (χ0) is 17.7.